The molecule has 0 bridgehead atoms. The maximum Gasteiger partial charge on any atom is 0.245 e. The molecule has 0 aliphatic carbocycles. The van der Waals surface area contributed by atoms with Gasteiger partial charge in [0.25, 0.3) is 0 Å². The smallest absolute Gasteiger partial charge is 0.245 e. The topological polar surface area (TPSA) is 67.3 Å². The summed E-state index contributed by atoms with van der Waals surface area (Å²) in [6, 6.07) is 0. The molecule has 1 heterocycles. The molecule has 0 amide bonds. The Balaban J connectivity index is 2.00. The van der Waals surface area contributed by atoms with Gasteiger partial charge in [-0.1, -0.05) is 13.8 Å². The van der Waals surface area contributed by atoms with E-state index in [1.807, 2.05) is 0 Å². The first-order chi connectivity index (χ1) is 7.68. The Hall–Kier alpha value is -0.720. The van der Waals surface area contributed by atoms with E-state index in [2.05, 4.69) is 27.9 Å². The average Bonchev–Trinajstić information content (AvgIpc) is 2.74. The van der Waals surface area contributed by atoms with E-state index < -0.39 is 6.10 Å². The lowest BCUT2D eigenvalue weighted by Gasteiger charge is -2.12. The lowest BCUT2D eigenvalue weighted by Crippen LogP contribution is -2.32. The normalized spacial score (nSPS) is 13.0. The van der Waals surface area contributed by atoms with Crippen LogP contribution in [0.5, 0.6) is 5.88 Å². The predicted octanol–water partition coefficient (Wildman–Crippen LogP) is 0.913. The van der Waals surface area contributed by atoms with Crippen molar-refractivity contribution < 1.29 is 9.84 Å². The fourth-order valence-corrected chi connectivity index (χ4v) is 1.48. The second kappa shape index (κ2) is 7.54. The van der Waals surface area contributed by atoms with E-state index >= 15 is 0 Å². The number of hydrogen-bond donors (Lipinski definition) is 2. The quantitative estimate of drug-likeness (QED) is 0.666. The highest BCUT2D eigenvalue weighted by Crippen LogP contribution is 2.05. The summed E-state index contributed by atoms with van der Waals surface area (Å²) in [5.41, 5.74) is 0. The van der Waals surface area contributed by atoms with E-state index in [1.165, 1.54) is 0 Å². The third kappa shape index (κ3) is 5.99. The van der Waals surface area contributed by atoms with Crippen molar-refractivity contribution in [2.24, 2.45) is 5.92 Å². The molecule has 2 N–H and O–H groups in total. The van der Waals surface area contributed by atoms with Gasteiger partial charge in [-0.3, -0.25) is 0 Å². The van der Waals surface area contributed by atoms with E-state index in [4.69, 9.17) is 4.74 Å². The lowest BCUT2D eigenvalue weighted by atomic mass is 10.1. The van der Waals surface area contributed by atoms with Crippen molar-refractivity contribution in [1.82, 2.24) is 14.1 Å². The fourth-order valence-electron chi connectivity index (χ4n) is 1.12. The summed E-state index contributed by atoms with van der Waals surface area (Å²) in [5.74, 6) is 1.16. The van der Waals surface area contributed by atoms with Crippen LogP contribution in [0.15, 0.2) is 6.20 Å². The van der Waals surface area contributed by atoms with E-state index in [9.17, 15) is 5.11 Å². The zero-order chi connectivity index (χ0) is 11.8. The van der Waals surface area contributed by atoms with Crippen LogP contribution in [-0.2, 0) is 0 Å². The molecule has 92 valence electrons. The highest BCUT2D eigenvalue weighted by atomic mass is 32.1. The van der Waals surface area contributed by atoms with Gasteiger partial charge in [-0.25, -0.2) is 0 Å². The number of aliphatic hydroxyl groups is 1. The van der Waals surface area contributed by atoms with E-state index in [0.717, 1.165) is 24.7 Å². The standard InChI is InChI=1S/C10H19N3O2S/c1-8(2)3-4-11-5-9(14)7-15-10-6-12-16-13-10/h6,8-9,11,14H,3-5,7H2,1-2H3. The van der Waals surface area contributed by atoms with Crippen molar-refractivity contribution in [3.63, 3.8) is 0 Å². The van der Waals surface area contributed by atoms with Gasteiger partial charge in [-0.05, 0) is 18.9 Å². The van der Waals surface area contributed by atoms with Gasteiger partial charge in [-0.2, -0.15) is 4.37 Å². The number of ether oxygens (including phenoxy) is 1. The third-order valence-corrected chi connectivity index (χ3v) is 2.50. The van der Waals surface area contributed by atoms with Crippen LogP contribution in [0.1, 0.15) is 20.3 Å². The first-order valence-corrected chi connectivity index (χ1v) is 6.20. The molecule has 0 aliphatic rings. The molecule has 0 spiro atoms. The molecular formula is C10H19N3O2S. The van der Waals surface area contributed by atoms with Crippen molar-refractivity contribution in [1.29, 1.82) is 0 Å². The van der Waals surface area contributed by atoms with Crippen molar-refractivity contribution >= 4 is 11.7 Å². The summed E-state index contributed by atoms with van der Waals surface area (Å²) in [5, 5.41) is 12.8. The molecule has 0 saturated heterocycles. The van der Waals surface area contributed by atoms with E-state index in [0.29, 0.717) is 18.3 Å². The molecule has 5 nitrogen and oxygen atoms in total. The number of rotatable bonds is 8. The molecule has 1 rings (SSSR count). The Kier molecular flexibility index (Phi) is 6.29. The Bertz CT molecular complexity index is 267. The average molecular weight is 245 g/mol. The Morgan fingerprint density at radius 2 is 2.38 bits per heavy atom. The molecule has 1 aromatic heterocycles. The van der Waals surface area contributed by atoms with Gasteiger partial charge in [0.1, 0.15) is 18.9 Å². The summed E-state index contributed by atoms with van der Waals surface area (Å²) in [6.45, 7) is 6.07. The number of hydrogen-bond acceptors (Lipinski definition) is 6. The van der Waals surface area contributed by atoms with E-state index in [1.54, 1.807) is 6.20 Å². The SMILES string of the molecule is CC(C)CCNCC(O)COc1cnsn1. The van der Waals surface area contributed by atoms with Crippen LogP contribution in [0, 0.1) is 5.92 Å². The molecule has 0 fully saturated rings. The van der Waals surface area contributed by atoms with Crippen LogP contribution < -0.4 is 10.1 Å². The molecule has 0 aromatic carbocycles. The highest BCUT2D eigenvalue weighted by molar-refractivity contribution is 6.99. The monoisotopic (exact) mass is 245 g/mol. The molecule has 1 unspecified atom stereocenters. The minimum atomic E-state index is -0.506. The van der Waals surface area contributed by atoms with Gasteiger partial charge in [0.15, 0.2) is 0 Å². The van der Waals surface area contributed by atoms with Crippen molar-refractivity contribution in [2.45, 2.75) is 26.4 Å². The van der Waals surface area contributed by atoms with Crippen molar-refractivity contribution in [2.75, 3.05) is 19.7 Å². The van der Waals surface area contributed by atoms with Crippen LogP contribution in [0.2, 0.25) is 0 Å². The Morgan fingerprint density at radius 3 is 3.00 bits per heavy atom. The zero-order valence-electron chi connectivity index (χ0n) is 9.72. The molecule has 1 aromatic rings. The van der Waals surface area contributed by atoms with Crippen LogP contribution in [0.3, 0.4) is 0 Å². The van der Waals surface area contributed by atoms with E-state index in [-0.39, 0.29) is 6.61 Å². The van der Waals surface area contributed by atoms with Gasteiger partial charge in [0.05, 0.1) is 11.7 Å². The van der Waals surface area contributed by atoms with Crippen molar-refractivity contribution in [3.8, 4) is 5.88 Å². The fraction of sp³-hybridized carbons (Fsp3) is 0.800. The summed E-state index contributed by atoms with van der Waals surface area (Å²) >= 11 is 1.09. The lowest BCUT2D eigenvalue weighted by molar-refractivity contribution is 0.104. The number of aliphatic hydroxyl groups excluding tert-OH is 1. The van der Waals surface area contributed by atoms with Gasteiger partial charge in [0, 0.05) is 6.54 Å². The van der Waals surface area contributed by atoms with Crippen LogP contribution in [0.25, 0.3) is 0 Å². The molecular weight excluding hydrogens is 226 g/mol. The summed E-state index contributed by atoms with van der Waals surface area (Å²) in [7, 11) is 0. The van der Waals surface area contributed by atoms with Gasteiger partial charge >= 0.3 is 0 Å². The first-order valence-electron chi connectivity index (χ1n) is 5.47. The molecule has 6 heteroatoms. The van der Waals surface area contributed by atoms with Gasteiger partial charge < -0.3 is 15.2 Å². The summed E-state index contributed by atoms with van der Waals surface area (Å²) < 4.78 is 12.9. The maximum atomic E-state index is 9.58. The highest BCUT2D eigenvalue weighted by Gasteiger charge is 2.06. The Labute approximate surface area is 100 Å². The van der Waals surface area contributed by atoms with Crippen molar-refractivity contribution in [3.05, 3.63) is 6.20 Å². The third-order valence-electron chi connectivity index (χ3n) is 2.04. The zero-order valence-corrected chi connectivity index (χ0v) is 10.5. The van der Waals surface area contributed by atoms with Gasteiger partial charge in [-0.15, -0.1) is 4.37 Å². The predicted molar refractivity (Wildman–Crippen MR) is 63.7 cm³/mol. The van der Waals surface area contributed by atoms with Gasteiger partial charge in [0.2, 0.25) is 5.88 Å². The summed E-state index contributed by atoms with van der Waals surface area (Å²) in [4.78, 5) is 0. The molecule has 1 atom stereocenters. The molecule has 0 saturated carbocycles. The minimum absolute atomic E-state index is 0.250. The van der Waals surface area contributed by atoms with Crippen LogP contribution in [-0.4, -0.2) is 39.7 Å². The second-order valence-corrected chi connectivity index (χ2v) is 4.65. The second-order valence-electron chi connectivity index (χ2n) is 4.10. The number of nitrogens with one attached hydrogen (secondary N) is 1. The first kappa shape index (κ1) is 13.3. The largest absolute Gasteiger partial charge is 0.473 e. The Morgan fingerprint density at radius 1 is 1.56 bits per heavy atom. The van der Waals surface area contributed by atoms with Crippen LogP contribution >= 0.6 is 11.7 Å². The minimum Gasteiger partial charge on any atom is -0.473 e. The summed E-state index contributed by atoms with van der Waals surface area (Å²) in [6.07, 6.45) is 2.15. The maximum absolute atomic E-state index is 9.58. The molecule has 16 heavy (non-hydrogen) atoms. The number of aromatic nitrogens is 2. The molecule has 0 radical (unpaired) electrons. The number of nitrogens with zero attached hydrogens (tertiary/aromatic N) is 2. The molecule has 0 aliphatic heterocycles. The van der Waals surface area contributed by atoms with Crippen LogP contribution in [0.4, 0.5) is 0 Å².